The Kier molecular flexibility index (Phi) is 6.05. The minimum absolute atomic E-state index is 0.148. The number of hydrogen-bond acceptors (Lipinski definition) is 6. The van der Waals surface area contributed by atoms with Crippen LogP contribution < -0.4 is 10.2 Å². The fourth-order valence-corrected chi connectivity index (χ4v) is 3.79. The van der Waals surface area contributed by atoms with Crippen molar-refractivity contribution in [3.63, 3.8) is 0 Å². The summed E-state index contributed by atoms with van der Waals surface area (Å²) in [4.78, 5) is 31.2. The van der Waals surface area contributed by atoms with Crippen LogP contribution >= 0.6 is 0 Å². The molecule has 1 aliphatic carbocycles. The first-order valence-corrected chi connectivity index (χ1v) is 9.18. The van der Waals surface area contributed by atoms with Gasteiger partial charge in [-0.15, -0.1) is 0 Å². The Morgan fingerprint density at radius 1 is 1.19 bits per heavy atom. The Labute approximate surface area is 153 Å². The van der Waals surface area contributed by atoms with Crippen molar-refractivity contribution in [1.29, 1.82) is 0 Å². The molecule has 1 saturated heterocycles. The van der Waals surface area contributed by atoms with Gasteiger partial charge >= 0.3 is 11.8 Å². The SMILES string of the molecule is O=CNC(OC1CCCCC1)(C(=O)O)N1CCN(c2ccncc2)CC1. The van der Waals surface area contributed by atoms with Gasteiger partial charge in [0, 0.05) is 44.3 Å². The highest BCUT2D eigenvalue weighted by atomic mass is 16.6. The molecule has 1 aromatic rings. The molecule has 8 nitrogen and oxygen atoms in total. The van der Waals surface area contributed by atoms with Crippen molar-refractivity contribution in [2.75, 3.05) is 31.1 Å². The highest BCUT2D eigenvalue weighted by molar-refractivity contribution is 5.79. The van der Waals surface area contributed by atoms with Crippen molar-refractivity contribution in [1.82, 2.24) is 15.2 Å². The quantitative estimate of drug-likeness (QED) is 0.553. The van der Waals surface area contributed by atoms with Crippen LogP contribution in [0.25, 0.3) is 0 Å². The molecule has 0 aromatic carbocycles. The molecule has 1 aromatic heterocycles. The van der Waals surface area contributed by atoms with Crippen LogP contribution in [0.4, 0.5) is 5.69 Å². The van der Waals surface area contributed by atoms with Crippen LogP contribution in [0, 0.1) is 0 Å². The van der Waals surface area contributed by atoms with E-state index in [1.165, 1.54) is 0 Å². The first kappa shape index (κ1) is 18.6. The van der Waals surface area contributed by atoms with Crippen molar-refractivity contribution < 1.29 is 19.4 Å². The van der Waals surface area contributed by atoms with Crippen LogP contribution in [0.1, 0.15) is 32.1 Å². The standard InChI is InChI=1S/C18H26N4O4/c23-14-20-18(17(24)25,26-16-4-2-1-3-5-16)22-12-10-21(11-13-22)15-6-8-19-9-7-15/h6-9,14,16H,1-5,10-13H2,(H,20,23)(H,24,25). The molecule has 1 unspecified atom stereocenters. The first-order valence-electron chi connectivity index (χ1n) is 9.18. The van der Waals surface area contributed by atoms with Gasteiger partial charge in [-0.2, -0.15) is 0 Å². The van der Waals surface area contributed by atoms with E-state index in [0.29, 0.717) is 32.6 Å². The van der Waals surface area contributed by atoms with Gasteiger partial charge < -0.3 is 20.1 Å². The van der Waals surface area contributed by atoms with Crippen LogP contribution in [0.3, 0.4) is 0 Å². The Morgan fingerprint density at radius 3 is 2.42 bits per heavy atom. The minimum atomic E-state index is -1.80. The lowest BCUT2D eigenvalue weighted by Crippen LogP contribution is -2.70. The fourth-order valence-electron chi connectivity index (χ4n) is 3.79. The molecule has 3 rings (SSSR count). The summed E-state index contributed by atoms with van der Waals surface area (Å²) in [6.45, 7) is 2.24. The van der Waals surface area contributed by atoms with Gasteiger partial charge in [-0.05, 0) is 25.0 Å². The van der Waals surface area contributed by atoms with Crippen molar-refractivity contribution >= 4 is 18.1 Å². The summed E-state index contributed by atoms with van der Waals surface area (Å²) in [5, 5.41) is 12.4. The number of ether oxygens (including phenoxy) is 1. The maximum atomic E-state index is 12.1. The molecule has 1 atom stereocenters. The smallest absolute Gasteiger partial charge is 0.374 e. The molecule has 1 aliphatic heterocycles. The zero-order valence-corrected chi connectivity index (χ0v) is 14.8. The minimum Gasteiger partial charge on any atom is -0.477 e. The molecule has 2 aliphatic rings. The molecule has 2 N–H and O–H groups in total. The van der Waals surface area contributed by atoms with Gasteiger partial charge in [-0.25, -0.2) is 9.69 Å². The zero-order chi connectivity index (χ0) is 18.4. The second-order valence-corrected chi connectivity index (χ2v) is 6.77. The second kappa shape index (κ2) is 8.46. The van der Waals surface area contributed by atoms with Gasteiger partial charge in [0.15, 0.2) is 0 Å². The summed E-state index contributed by atoms with van der Waals surface area (Å²) >= 11 is 0. The van der Waals surface area contributed by atoms with Crippen LogP contribution in [0.15, 0.2) is 24.5 Å². The third kappa shape index (κ3) is 3.96. The maximum absolute atomic E-state index is 12.1. The molecule has 142 valence electrons. The van der Waals surface area contributed by atoms with Gasteiger partial charge in [-0.3, -0.25) is 9.78 Å². The Morgan fingerprint density at radius 2 is 1.85 bits per heavy atom. The van der Waals surface area contributed by atoms with Crippen LogP contribution in [-0.2, 0) is 14.3 Å². The zero-order valence-electron chi connectivity index (χ0n) is 14.8. The number of pyridine rings is 1. The molecule has 0 radical (unpaired) electrons. The fraction of sp³-hybridized carbons (Fsp3) is 0.611. The molecule has 2 fully saturated rings. The van der Waals surface area contributed by atoms with E-state index in [9.17, 15) is 14.7 Å². The van der Waals surface area contributed by atoms with Crippen molar-refractivity contribution in [3.8, 4) is 0 Å². The monoisotopic (exact) mass is 362 g/mol. The van der Waals surface area contributed by atoms with E-state index in [-0.39, 0.29) is 6.10 Å². The summed E-state index contributed by atoms with van der Waals surface area (Å²) in [5.41, 5.74) is 1.05. The van der Waals surface area contributed by atoms with E-state index in [1.54, 1.807) is 17.3 Å². The predicted octanol–water partition coefficient (Wildman–Crippen LogP) is 1.04. The highest BCUT2D eigenvalue weighted by Crippen LogP contribution is 2.28. The van der Waals surface area contributed by atoms with Crippen molar-refractivity contribution in [2.45, 2.75) is 44.1 Å². The Hall–Kier alpha value is -2.19. The summed E-state index contributed by atoms with van der Waals surface area (Å²) in [6, 6.07) is 3.87. The topological polar surface area (TPSA) is 95.0 Å². The van der Waals surface area contributed by atoms with Gasteiger partial charge in [0.1, 0.15) is 0 Å². The number of nitrogens with one attached hydrogen (secondary N) is 1. The van der Waals surface area contributed by atoms with Crippen molar-refractivity contribution in [2.24, 2.45) is 0 Å². The molecule has 1 saturated carbocycles. The average molecular weight is 362 g/mol. The van der Waals surface area contributed by atoms with Crippen LogP contribution in [0.5, 0.6) is 0 Å². The number of nitrogens with zero attached hydrogens (tertiary/aromatic N) is 3. The molecule has 26 heavy (non-hydrogen) atoms. The Bertz CT molecular complexity index is 600. The number of carbonyl (C=O) groups is 2. The summed E-state index contributed by atoms with van der Waals surface area (Å²) in [5.74, 6) is -2.97. The van der Waals surface area contributed by atoms with Gasteiger partial charge in [0.2, 0.25) is 6.41 Å². The van der Waals surface area contributed by atoms with E-state index < -0.39 is 11.8 Å². The molecule has 0 spiro atoms. The van der Waals surface area contributed by atoms with Gasteiger partial charge in [0.25, 0.3) is 0 Å². The number of amides is 1. The molecular weight excluding hydrogens is 336 g/mol. The Balaban J connectivity index is 1.72. The third-order valence-electron chi connectivity index (χ3n) is 5.19. The number of piperazine rings is 1. The summed E-state index contributed by atoms with van der Waals surface area (Å²) < 4.78 is 6.02. The number of carbonyl (C=O) groups excluding carboxylic acids is 1. The number of carboxylic acid groups (broad SMARTS) is 1. The first-order chi connectivity index (χ1) is 12.7. The predicted molar refractivity (Wildman–Crippen MR) is 95.5 cm³/mol. The van der Waals surface area contributed by atoms with Crippen molar-refractivity contribution in [3.05, 3.63) is 24.5 Å². The number of carboxylic acids is 1. The lowest BCUT2D eigenvalue weighted by Gasteiger charge is -2.46. The van der Waals surface area contributed by atoms with E-state index in [4.69, 9.17) is 4.74 Å². The van der Waals surface area contributed by atoms with Crippen LogP contribution in [0.2, 0.25) is 0 Å². The highest BCUT2D eigenvalue weighted by Gasteiger charge is 2.48. The molecule has 2 heterocycles. The lowest BCUT2D eigenvalue weighted by atomic mass is 9.97. The number of aliphatic carboxylic acids is 1. The third-order valence-corrected chi connectivity index (χ3v) is 5.19. The number of rotatable bonds is 7. The van der Waals surface area contributed by atoms with E-state index in [2.05, 4.69) is 15.2 Å². The molecular formula is C18H26N4O4. The lowest BCUT2D eigenvalue weighted by molar-refractivity contribution is -0.226. The van der Waals surface area contributed by atoms with E-state index in [1.807, 2.05) is 12.1 Å². The van der Waals surface area contributed by atoms with Gasteiger partial charge in [-0.1, -0.05) is 19.3 Å². The van der Waals surface area contributed by atoms with E-state index >= 15 is 0 Å². The largest absolute Gasteiger partial charge is 0.477 e. The van der Waals surface area contributed by atoms with Crippen LogP contribution in [-0.4, -0.2) is 65.5 Å². The summed E-state index contributed by atoms with van der Waals surface area (Å²) in [6.07, 6.45) is 8.60. The maximum Gasteiger partial charge on any atom is 0.374 e. The molecule has 1 amide bonds. The second-order valence-electron chi connectivity index (χ2n) is 6.77. The normalized spacial score (nSPS) is 21.8. The molecule has 8 heteroatoms. The average Bonchev–Trinajstić information content (AvgIpc) is 2.69. The molecule has 0 bridgehead atoms. The summed E-state index contributed by atoms with van der Waals surface area (Å²) in [7, 11) is 0. The number of anilines is 1. The van der Waals surface area contributed by atoms with Gasteiger partial charge in [0.05, 0.1) is 6.10 Å². The van der Waals surface area contributed by atoms with E-state index in [0.717, 1.165) is 37.8 Å². The number of aromatic nitrogens is 1. The number of hydrogen-bond donors (Lipinski definition) is 2.